The highest BCUT2D eigenvalue weighted by atomic mass is 16.5. The maximum atomic E-state index is 12.5. The second-order valence-corrected chi connectivity index (χ2v) is 7.92. The molecule has 0 spiro atoms. The fraction of sp³-hybridized carbons (Fsp3) is 0.550. The van der Waals surface area contributed by atoms with Crippen molar-refractivity contribution < 1.29 is 14.1 Å². The van der Waals surface area contributed by atoms with Crippen molar-refractivity contribution in [2.45, 2.75) is 51.9 Å². The summed E-state index contributed by atoms with van der Waals surface area (Å²) in [5.41, 5.74) is 1.34. The largest absolute Gasteiger partial charge is 0.484 e. The van der Waals surface area contributed by atoms with E-state index < -0.39 is 0 Å². The van der Waals surface area contributed by atoms with Gasteiger partial charge in [-0.3, -0.25) is 4.79 Å². The Morgan fingerprint density at radius 1 is 1.31 bits per heavy atom. The number of aryl methyl sites for hydroxylation is 1. The Balaban J connectivity index is 1.54. The van der Waals surface area contributed by atoms with Crippen molar-refractivity contribution in [1.29, 1.82) is 0 Å². The van der Waals surface area contributed by atoms with Crippen molar-refractivity contribution in [1.82, 2.24) is 15.0 Å². The van der Waals surface area contributed by atoms with Crippen LogP contribution in [0.15, 0.2) is 28.8 Å². The summed E-state index contributed by atoms with van der Waals surface area (Å²) in [5.74, 6) is 2.07. The number of likely N-dealkylation sites (tertiary alicyclic amines) is 1. The Kier molecular flexibility index (Phi) is 5.30. The van der Waals surface area contributed by atoms with E-state index in [9.17, 15) is 4.79 Å². The predicted octanol–water partition coefficient (Wildman–Crippen LogP) is 3.46. The molecule has 6 nitrogen and oxygen atoms in total. The Hall–Kier alpha value is -2.37. The number of amides is 1. The van der Waals surface area contributed by atoms with E-state index in [-0.39, 0.29) is 23.8 Å². The Morgan fingerprint density at radius 2 is 2.04 bits per heavy atom. The van der Waals surface area contributed by atoms with Gasteiger partial charge in [-0.15, -0.1) is 0 Å². The highest BCUT2D eigenvalue weighted by molar-refractivity contribution is 5.78. The van der Waals surface area contributed by atoms with Crippen LogP contribution in [0.2, 0.25) is 0 Å². The summed E-state index contributed by atoms with van der Waals surface area (Å²) in [6.45, 7) is 9.71. The van der Waals surface area contributed by atoms with E-state index in [1.807, 2.05) is 17.0 Å². The number of hydrogen-bond donors (Lipinski definition) is 0. The van der Waals surface area contributed by atoms with E-state index in [0.29, 0.717) is 24.0 Å². The molecule has 0 saturated carbocycles. The Labute approximate surface area is 154 Å². The summed E-state index contributed by atoms with van der Waals surface area (Å²) in [5, 5.41) is 3.85. The molecule has 1 amide bonds. The minimum absolute atomic E-state index is 0.00849. The first kappa shape index (κ1) is 18.4. The molecule has 3 rings (SSSR count). The highest BCUT2D eigenvalue weighted by Crippen LogP contribution is 2.26. The molecule has 26 heavy (non-hydrogen) atoms. The topological polar surface area (TPSA) is 68.5 Å². The third-order valence-corrected chi connectivity index (χ3v) is 4.75. The molecule has 1 fully saturated rings. The van der Waals surface area contributed by atoms with Crippen molar-refractivity contribution in [3.05, 3.63) is 41.5 Å². The number of rotatable bonds is 4. The second-order valence-electron chi connectivity index (χ2n) is 7.92. The van der Waals surface area contributed by atoms with Crippen molar-refractivity contribution in [2.24, 2.45) is 0 Å². The van der Waals surface area contributed by atoms with E-state index in [4.69, 9.17) is 9.26 Å². The smallest absolute Gasteiger partial charge is 0.260 e. The van der Waals surface area contributed by atoms with E-state index >= 15 is 0 Å². The minimum Gasteiger partial charge on any atom is -0.484 e. The lowest BCUT2D eigenvalue weighted by atomic mass is 9.87. The first-order valence-corrected chi connectivity index (χ1v) is 9.14. The van der Waals surface area contributed by atoms with Crippen LogP contribution >= 0.6 is 0 Å². The maximum absolute atomic E-state index is 12.5. The number of aromatic nitrogens is 2. The van der Waals surface area contributed by atoms with Gasteiger partial charge < -0.3 is 14.2 Å². The second kappa shape index (κ2) is 7.48. The fourth-order valence-electron chi connectivity index (χ4n) is 3.17. The molecule has 6 heteroatoms. The summed E-state index contributed by atoms with van der Waals surface area (Å²) >= 11 is 0. The van der Waals surface area contributed by atoms with Gasteiger partial charge in [-0.05, 0) is 42.9 Å². The zero-order chi connectivity index (χ0) is 18.7. The Bertz CT molecular complexity index is 746. The number of hydrogen-bond acceptors (Lipinski definition) is 5. The van der Waals surface area contributed by atoms with Crippen LogP contribution in [0, 0.1) is 6.92 Å². The van der Waals surface area contributed by atoms with Gasteiger partial charge in [0.2, 0.25) is 5.89 Å². The fourth-order valence-corrected chi connectivity index (χ4v) is 3.17. The highest BCUT2D eigenvalue weighted by Gasteiger charge is 2.28. The molecule has 1 unspecified atom stereocenters. The van der Waals surface area contributed by atoms with Crippen LogP contribution in [-0.4, -0.2) is 40.6 Å². The monoisotopic (exact) mass is 357 g/mol. The normalized spacial score (nSPS) is 18.0. The molecule has 1 aliphatic rings. The molecule has 0 N–H and O–H groups in total. The van der Waals surface area contributed by atoms with Gasteiger partial charge in [0.1, 0.15) is 5.75 Å². The molecule has 1 aliphatic heterocycles. The van der Waals surface area contributed by atoms with Gasteiger partial charge >= 0.3 is 0 Å². The molecule has 1 atom stereocenters. The van der Waals surface area contributed by atoms with Crippen molar-refractivity contribution >= 4 is 5.91 Å². The van der Waals surface area contributed by atoms with Gasteiger partial charge in [0, 0.05) is 13.1 Å². The summed E-state index contributed by atoms with van der Waals surface area (Å²) in [7, 11) is 0. The van der Waals surface area contributed by atoms with Gasteiger partial charge in [-0.25, -0.2) is 0 Å². The van der Waals surface area contributed by atoms with Gasteiger partial charge in [-0.2, -0.15) is 4.98 Å². The summed E-state index contributed by atoms with van der Waals surface area (Å²) in [6.07, 6.45) is 1.89. The number of nitrogens with zero attached hydrogens (tertiary/aromatic N) is 3. The lowest BCUT2D eigenvalue weighted by molar-refractivity contribution is -0.134. The van der Waals surface area contributed by atoms with Gasteiger partial charge in [-0.1, -0.05) is 38.1 Å². The third kappa shape index (κ3) is 4.42. The van der Waals surface area contributed by atoms with Crippen LogP contribution in [0.4, 0.5) is 0 Å². The third-order valence-electron chi connectivity index (χ3n) is 4.75. The number of carbonyl (C=O) groups excluding carboxylic acids is 1. The average molecular weight is 357 g/mol. The van der Waals surface area contributed by atoms with E-state index in [1.165, 1.54) is 5.56 Å². The number of piperidine rings is 1. The van der Waals surface area contributed by atoms with E-state index in [1.54, 1.807) is 6.92 Å². The van der Waals surface area contributed by atoms with Gasteiger partial charge in [0.05, 0.1) is 5.92 Å². The van der Waals surface area contributed by atoms with E-state index in [0.717, 1.165) is 19.4 Å². The minimum atomic E-state index is -0.00849. The zero-order valence-electron chi connectivity index (χ0n) is 16.0. The Morgan fingerprint density at radius 3 is 2.65 bits per heavy atom. The lowest BCUT2D eigenvalue weighted by Gasteiger charge is -2.31. The van der Waals surface area contributed by atoms with Crippen molar-refractivity contribution in [3.8, 4) is 5.75 Å². The van der Waals surface area contributed by atoms with Crippen LogP contribution in [0.3, 0.4) is 0 Å². The first-order chi connectivity index (χ1) is 12.3. The number of carbonyl (C=O) groups is 1. The molecule has 0 aliphatic carbocycles. The molecule has 1 saturated heterocycles. The summed E-state index contributed by atoms with van der Waals surface area (Å²) in [4.78, 5) is 18.6. The molecule has 140 valence electrons. The quantitative estimate of drug-likeness (QED) is 0.838. The van der Waals surface area contributed by atoms with Crippen molar-refractivity contribution in [2.75, 3.05) is 19.7 Å². The van der Waals surface area contributed by atoms with Gasteiger partial charge in [0.25, 0.3) is 5.91 Å². The molecule has 2 heterocycles. The van der Waals surface area contributed by atoms with Crippen LogP contribution < -0.4 is 4.74 Å². The van der Waals surface area contributed by atoms with Crippen LogP contribution in [0.5, 0.6) is 5.75 Å². The lowest BCUT2D eigenvalue weighted by Crippen LogP contribution is -2.41. The van der Waals surface area contributed by atoms with E-state index in [2.05, 4.69) is 43.0 Å². The average Bonchev–Trinajstić information content (AvgIpc) is 3.06. The van der Waals surface area contributed by atoms with Crippen LogP contribution in [0.1, 0.15) is 56.8 Å². The molecule has 1 aromatic heterocycles. The molecule has 0 bridgehead atoms. The molecular weight excluding hydrogens is 330 g/mol. The first-order valence-electron chi connectivity index (χ1n) is 9.14. The number of ether oxygens (including phenoxy) is 1. The van der Waals surface area contributed by atoms with Crippen LogP contribution in [0.25, 0.3) is 0 Å². The maximum Gasteiger partial charge on any atom is 0.260 e. The van der Waals surface area contributed by atoms with Gasteiger partial charge in [0.15, 0.2) is 12.4 Å². The SMILES string of the molecule is Cc1noc(C2CCCN(C(=O)COc3ccc(C(C)(C)C)cc3)C2)n1. The summed E-state index contributed by atoms with van der Waals surface area (Å²) in [6, 6.07) is 7.95. The zero-order valence-corrected chi connectivity index (χ0v) is 16.0. The summed E-state index contributed by atoms with van der Waals surface area (Å²) < 4.78 is 11.0. The molecule has 0 radical (unpaired) electrons. The molecular formula is C20H27N3O3. The van der Waals surface area contributed by atoms with Crippen LogP contribution in [-0.2, 0) is 10.2 Å². The molecule has 1 aromatic carbocycles. The molecule has 2 aromatic rings. The number of benzene rings is 1. The van der Waals surface area contributed by atoms with Crippen molar-refractivity contribution in [3.63, 3.8) is 0 Å². The predicted molar refractivity (Wildman–Crippen MR) is 98.2 cm³/mol. The standard InChI is InChI=1S/C20H27N3O3/c1-14-21-19(26-22-14)15-6-5-11-23(12-15)18(24)13-25-17-9-7-16(8-10-17)20(2,3)4/h7-10,15H,5-6,11-13H2,1-4H3.